The van der Waals surface area contributed by atoms with E-state index in [1.54, 1.807) is 18.9 Å². The summed E-state index contributed by atoms with van der Waals surface area (Å²) < 4.78 is 4.62. The zero-order valence-corrected chi connectivity index (χ0v) is 7.59. The van der Waals surface area contributed by atoms with Gasteiger partial charge in [0.25, 0.3) is 0 Å². The van der Waals surface area contributed by atoms with Crippen LogP contribution in [0.5, 0.6) is 0 Å². The maximum Gasteiger partial charge on any atom is 0.326 e. The summed E-state index contributed by atoms with van der Waals surface area (Å²) in [4.78, 5) is 24.0. The summed E-state index contributed by atoms with van der Waals surface area (Å²) in [6, 6.07) is 0. The van der Waals surface area contributed by atoms with E-state index in [2.05, 4.69) is 4.74 Å². The zero-order valence-electron chi connectivity index (χ0n) is 7.59. The largest absolute Gasteiger partial charge is 0.468 e. The maximum atomic E-state index is 11.3. The van der Waals surface area contributed by atoms with Gasteiger partial charge in [-0.2, -0.15) is 0 Å². The molecule has 1 fully saturated rings. The molecule has 0 aliphatic carbocycles. The molecular weight excluding hydrogens is 158 g/mol. The van der Waals surface area contributed by atoms with Gasteiger partial charge in [-0.3, -0.25) is 14.5 Å². The molecule has 4 heteroatoms. The number of esters is 1. The van der Waals surface area contributed by atoms with Crippen molar-refractivity contribution < 1.29 is 14.3 Å². The number of likely N-dealkylation sites (tertiary alicyclic amines) is 1. The highest BCUT2D eigenvalue weighted by Crippen LogP contribution is 2.25. The topological polar surface area (TPSA) is 46.6 Å². The SMILES string of the molecule is COC(=O)[C@]1(C)CC(=O)CN1C. The Balaban J connectivity index is 2.84. The Hall–Kier alpha value is -0.900. The molecule has 1 aliphatic heterocycles. The van der Waals surface area contributed by atoms with Gasteiger partial charge in [-0.1, -0.05) is 0 Å². The van der Waals surface area contributed by atoms with Crippen LogP contribution in [0.15, 0.2) is 0 Å². The van der Waals surface area contributed by atoms with Crippen LogP contribution in [0.2, 0.25) is 0 Å². The van der Waals surface area contributed by atoms with Crippen LogP contribution in [0.1, 0.15) is 13.3 Å². The van der Waals surface area contributed by atoms with E-state index >= 15 is 0 Å². The van der Waals surface area contributed by atoms with E-state index in [9.17, 15) is 9.59 Å². The van der Waals surface area contributed by atoms with E-state index in [0.717, 1.165) is 0 Å². The summed E-state index contributed by atoms with van der Waals surface area (Å²) >= 11 is 0. The number of nitrogens with zero attached hydrogens (tertiary/aromatic N) is 1. The highest BCUT2D eigenvalue weighted by molar-refractivity contribution is 5.94. The summed E-state index contributed by atoms with van der Waals surface area (Å²) in [5, 5.41) is 0. The molecule has 1 aliphatic rings. The van der Waals surface area contributed by atoms with Crippen molar-refractivity contribution in [3.63, 3.8) is 0 Å². The second-order valence-corrected chi connectivity index (χ2v) is 3.34. The fourth-order valence-corrected chi connectivity index (χ4v) is 1.46. The van der Waals surface area contributed by atoms with E-state index in [4.69, 9.17) is 0 Å². The number of ether oxygens (including phenoxy) is 1. The zero-order chi connectivity index (χ0) is 9.35. The van der Waals surface area contributed by atoms with Gasteiger partial charge in [-0.05, 0) is 14.0 Å². The van der Waals surface area contributed by atoms with Gasteiger partial charge in [0, 0.05) is 6.42 Å². The first-order chi connectivity index (χ1) is 5.50. The third-order valence-electron chi connectivity index (χ3n) is 2.42. The molecule has 0 unspecified atom stereocenters. The molecular formula is C8H13NO3. The third kappa shape index (κ3) is 1.22. The fourth-order valence-electron chi connectivity index (χ4n) is 1.46. The average molecular weight is 171 g/mol. The molecule has 0 spiro atoms. The lowest BCUT2D eigenvalue weighted by atomic mass is 9.99. The predicted molar refractivity (Wildman–Crippen MR) is 42.7 cm³/mol. The smallest absolute Gasteiger partial charge is 0.326 e. The summed E-state index contributed by atoms with van der Waals surface area (Å²) in [5.41, 5.74) is -0.744. The van der Waals surface area contributed by atoms with Crippen molar-refractivity contribution in [3.8, 4) is 0 Å². The van der Waals surface area contributed by atoms with Crippen LogP contribution < -0.4 is 0 Å². The highest BCUT2D eigenvalue weighted by Gasteiger charge is 2.46. The van der Waals surface area contributed by atoms with Crippen LogP contribution >= 0.6 is 0 Å². The van der Waals surface area contributed by atoms with E-state index in [0.29, 0.717) is 6.54 Å². The molecule has 12 heavy (non-hydrogen) atoms. The van der Waals surface area contributed by atoms with Crippen molar-refractivity contribution in [2.75, 3.05) is 20.7 Å². The van der Waals surface area contributed by atoms with Gasteiger partial charge in [0.05, 0.1) is 13.7 Å². The minimum atomic E-state index is -0.744. The van der Waals surface area contributed by atoms with Gasteiger partial charge in [0.15, 0.2) is 0 Å². The molecule has 1 saturated heterocycles. The Morgan fingerprint density at radius 2 is 2.25 bits per heavy atom. The van der Waals surface area contributed by atoms with Crippen molar-refractivity contribution in [2.45, 2.75) is 18.9 Å². The van der Waals surface area contributed by atoms with Crippen molar-refractivity contribution >= 4 is 11.8 Å². The second kappa shape index (κ2) is 2.86. The normalized spacial score (nSPS) is 30.8. The van der Waals surface area contributed by atoms with Gasteiger partial charge >= 0.3 is 5.97 Å². The first-order valence-corrected chi connectivity index (χ1v) is 3.82. The maximum absolute atomic E-state index is 11.3. The number of methoxy groups -OCH3 is 1. The second-order valence-electron chi connectivity index (χ2n) is 3.34. The third-order valence-corrected chi connectivity index (χ3v) is 2.42. The van der Waals surface area contributed by atoms with Crippen LogP contribution in [-0.4, -0.2) is 42.9 Å². The monoisotopic (exact) mass is 171 g/mol. The minimum Gasteiger partial charge on any atom is -0.468 e. The Morgan fingerprint density at radius 3 is 2.58 bits per heavy atom. The molecule has 0 saturated carbocycles. The molecule has 1 atom stereocenters. The van der Waals surface area contributed by atoms with Crippen LogP contribution in [0.3, 0.4) is 0 Å². The number of Topliss-reactive ketones (excluding diaryl/α,β-unsaturated/α-hetero) is 1. The number of carbonyl (C=O) groups excluding carboxylic acids is 2. The molecule has 1 rings (SSSR count). The molecule has 0 bridgehead atoms. The standard InChI is InChI=1S/C8H13NO3/c1-8(7(11)12-3)4-6(10)5-9(8)2/h4-5H2,1-3H3/t8-/m0/s1. The predicted octanol–water partition coefficient (Wildman–Crippen LogP) is -0.177. The molecule has 0 N–H and O–H groups in total. The lowest BCUT2D eigenvalue weighted by molar-refractivity contribution is -0.151. The summed E-state index contributed by atoms with van der Waals surface area (Å²) in [7, 11) is 3.09. The summed E-state index contributed by atoms with van der Waals surface area (Å²) in [6.45, 7) is 2.06. The number of hydrogen-bond acceptors (Lipinski definition) is 4. The van der Waals surface area contributed by atoms with Gasteiger partial charge in [-0.15, -0.1) is 0 Å². The van der Waals surface area contributed by atoms with Crippen LogP contribution in [-0.2, 0) is 14.3 Å². The Morgan fingerprint density at radius 1 is 1.67 bits per heavy atom. The van der Waals surface area contributed by atoms with Gasteiger partial charge in [0.2, 0.25) is 0 Å². The van der Waals surface area contributed by atoms with Crippen molar-refractivity contribution in [1.82, 2.24) is 4.90 Å². The van der Waals surface area contributed by atoms with Crippen molar-refractivity contribution in [2.24, 2.45) is 0 Å². The Bertz CT molecular complexity index is 226. The van der Waals surface area contributed by atoms with Crippen molar-refractivity contribution in [3.05, 3.63) is 0 Å². The molecule has 68 valence electrons. The molecule has 0 amide bonds. The Kier molecular flexibility index (Phi) is 2.19. The molecule has 0 aromatic rings. The first kappa shape index (κ1) is 9.19. The molecule has 1 heterocycles. The van der Waals surface area contributed by atoms with E-state index in [1.807, 2.05) is 0 Å². The highest BCUT2D eigenvalue weighted by atomic mass is 16.5. The number of ketones is 1. The van der Waals surface area contributed by atoms with Crippen molar-refractivity contribution in [1.29, 1.82) is 0 Å². The number of carbonyl (C=O) groups is 2. The quantitative estimate of drug-likeness (QED) is 0.513. The van der Waals surface area contributed by atoms with E-state index in [-0.39, 0.29) is 18.2 Å². The van der Waals surface area contributed by atoms with Crippen LogP contribution in [0.4, 0.5) is 0 Å². The molecule has 0 aromatic carbocycles. The summed E-state index contributed by atoms with van der Waals surface area (Å²) in [6.07, 6.45) is 0.260. The molecule has 0 radical (unpaired) electrons. The van der Waals surface area contributed by atoms with Gasteiger partial charge in [-0.25, -0.2) is 0 Å². The van der Waals surface area contributed by atoms with Crippen LogP contribution in [0.25, 0.3) is 0 Å². The molecule has 4 nitrogen and oxygen atoms in total. The lowest BCUT2D eigenvalue weighted by Crippen LogP contribution is -2.46. The fraction of sp³-hybridized carbons (Fsp3) is 0.750. The summed E-state index contributed by atoms with van der Waals surface area (Å²) in [5.74, 6) is -0.249. The molecule has 0 aromatic heterocycles. The number of hydrogen-bond donors (Lipinski definition) is 0. The minimum absolute atomic E-state index is 0.0883. The van der Waals surface area contributed by atoms with Gasteiger partial charge < -0.3 is 4.74 Å². The van der Waals surface area contributed by atoms with E-state index < -0.39 is 5.54 Å². The lowest BCUT2D eigenvalue weighted by Gasteiger charge is -2.27. The number of likely N-dealkylation sites (N-methyl/N-ethyl adjacent to an activating group) is 1. The first-order valence-electron chi connectivity index (χ1n) is 3.82. The van der Waals surface area contributed by atoms with Gasteiger partial charge in [0.1, 0.15) is 11.3 Å². The average Bonchev–Trinajstić information content (AvgIpc) is 2.26. The van der Waals surface area contributed by atoms with E-state index in [1.165, 1.54) is 7.11 Å². The Labute approximate surface area is 71.5 Å². The number of rotatable bonds is 1. The van der Waals surface area contributed by atoms with Crippen LogP contribution in [0, 0.1) is 0 Å².